The highest BCUT2D eigenvalue weighted by molar-refractivity contribution is 7.89. The first kappa shape index (κ1) is 13.2. The molecule has 0 aliphatic rings. The van der Waals surface area contributed by atoms with Crippen LogP contribution in [0.5, 0.6) is 0 Å². The normalized spacial score (nSPS) is 11.8. The fourth-order valence-electron chi connectivity index (χ4n) is 1.34. The van der Waals surface area contributed by atoms with Crippen molar-refractivity contribution in [2.45, 2.75) is 18.2 Å². The average molecular weight is 287 g/mol. The van der Waals surface area contributed by atoms with Gasteiger partial charge in [0.05, 0.1) is 12.1 Å². The topological polar surface area (TPSA) is 84.2 Å². The summed E-state index contributed by atoms with van der Waals surface area (Å²) in [6, 6.07) is 3.08. The van der Waals surface area contributed by atoms with Crippen LogP contribution >= 0.6 is 11.3 Å². The molecule has 0 atom stereocenters. The van der Waals surface area contributed by atoms with Gasteiger partial charge in [0.2, 0.25) is 5.09 Å². The highest BCUT2D eigenvalue weighted by atomic mass is 32.2. The first-order chi connectivity index (χ1) is 8.62. The number of rotatable bonds is 6. The van der Waals surface area contributed by atoms with Gasteiger partial charge in [0.1, 0.15) is 5.76 Å². The van der Waals surface area contributed by atoms with Crippen LogP contribution < -0.4 is 10.0 Å². The van der Waals surface area contributed by atoms with Gasteiger partial charge in [0.25, 0.3) is 10.0 Å². The molecule has 0 saturated carbocycles. The van der Waals surface area contributed by atoms with Crippen molar-refractivity contribution < 1.29 is 12.8 Å². The molecule has 0 aliphatic carbocycles. The Hall–Kier alpha value is -1.22. The molecule has 18 heavy (non-hydrogen) atoms. The largest absolute Gasteiger partial charge is 0.447 e. The third kappa shape index (κ3) is 3.16. The van der Waals surface area contributed by atoms with Gasteiger partial charge in [0.15, 0.2) is 0 Å². The van der Waals surface area contributed by atoms with E-state index in [0.29, 0.717) is 12.3 Å². The molecule has 0 aromatic carbocycles. The lowest BCUT2D eigenvalue weighted by Crippen LogP contribution is -2.22. The van der Waals surface area contributed by atoms with E-state index in [-0.39, 0.29) is 11.6 Å². The monoisotopic (exact) mass is 287 g/mol. The SMILES string of the molecule is CNCc1ccc(S(=O)(=O)NCc2cncs2)o1. The van der Waals surface area contributed by atoms with Crippen LogP contribution in [-0.2, 0) is 23.1 Å². The van der Waals surface area contributed by atoms with Crippen molar-refractivity contribution in [3.63, 3.8) is 0 Å². The second-order valence-electron chi connectivity index (χ2n) is 3.54. The Labute approximate surface area is 109 Å². The van der Waals surface area contributed by atoms with Crippen LogP contribution in [0.1, 0.15) is 10.6 Å². The van der Waals surface area contributed by atoms with Gasteiger partial charge < -0.3 is 9.73 Å². The van der Waals surface area contributed by atoms with Crippen LogP contribution in [0.3, 0.4) is 0 Å². The summed E-state index contributed by atoms with van der Waals surface area (Å²) in [6.07, 6.45) is 1.63. The second kappa shape index (κ2) is 5.61. The lowest BCUT2D eigenvalue weighted by molar-refractivity contribution is 0.404. The number of furan rings is 1. The van der Waals surface area contributed by atoms with Crippen molar-refractivity contribution in [2.75, 3.05) is 7.05 Å². The van der Waals surface area contributed by atoms with Crippen molar-refractivity contribution in [3.8, 4) is 0 Å². The molecular weight excluding hydrogens is 274 g/mol. The summed E-state index contributed by atoms with van der Waals surface area (Å²) in [6.45, 7) is 0.708. The highest BCUT2D eigenvalue weighted by Crippen LogP contribution is 2.14. The lowest BCUT2D eigenvalue weighted by atomic mass is 10.4. The highest BCUT2D eigenvalue weighted by Gasteiger charge is 2.18. The first-order valence-corrected chi connectivity index (χ1v) is 7.58. The standard InChI is InChI=1S/C10H13N3O3S2/c1-11-4-8-2-3-10(16-8)18(14,15)13-6-9-5-12-7-17-9/h2-3,5,7,11,13H,4,6H2,1H3. The molecule has 0 radical (unpaired) electrons. The Morgan fingerprint density at radius 2 is 2.22 bits per heavy atom. The van der Waals surface area contributed by atoms with Gasteiger partial charge in [-0.2, -0.15) is 0 Å². The Kier molecular flexibility index (Phi) is 4.12. The molecule has 0 amide bonds. The van der Waals surface area contributed by atoms with Gasteiger partial charge in [-0.15, -0.1) is 11.3 Å². The van der Waals surface area contributed by atoms with Gasteiger partial charge in [-0.3, -0.25) is 4.98 Å². The molecular formula is C10H13N3O3S2. The molecule has 2 heterocycles. The van der Waals surface area contributed by atoms with Crippen LogP contribution in [0.2, 0.25) is 0 Å². The molecule has 0 fully saturated rings. The van der Waals surface area contributed by atoms with E-state index >= 15 is 0 Å². The lowest BCUT2D eigenvalue weighted by Gasteiger charge is -2.02. The van der Waals surface area contributed by atoms with Crippen LogP contribution in [0.15, 0.2) is 33.3 Å². The molecule has 98 valence electrons. The fourth-order valence-corrected chi connectivity index (χ4v) is 2.92. The third-order valence-electron chi connectivity index (χ3n) is 2.17. The zero-order valence-corrected chi connectivity index (χ0v) is 11.3. The van der Waals surface area contributed by atoms with Crippen LogP contribution in [-0.4, -0.2) is 20.4 Å². The van der Waals surface area contributed by atoms with E-state index in [9.17, 15) is 8.42 Å². The Bertz CT molecular complexity index is 590. The van der Waals surface area contributed by atoms with E-state index in [1.807, 2.05) is 0 Å². The minimum absolute atomic E-state index is 0.0720. The van der Waals surface area contributed by atoms with Crippen LogP contribution in [0.4, 0.5) is 0 Å². The maximum atomic E-state index is 11.9. The Morgan fingerprint density at radius 3 is 2.89 bits per heavy atom. The van der Waals surface area contributed by atoms with Crippen LogP contribution in [0, 0.1) is 0 Å². The summed E-state index contributed by atoms with van der Waals surface area (Å²) in [5.74, 6) is 0.579. The van der Waals surface area contributed by atoms with Crippen molar-refractivity contribution in [1.82, 2.24) is 15.0 Å². The van der Waals surface area contributed by atoms with Gasteiger partial charge in [-0.05, 0) is 19.2 Å². The summed E-state index contributed by atoms with van der Waals surface area (Å²) >= 11 is 1.39. The number of hydrogen-bond acceptors (Lipinski definition) is 6. The summed E-state index contributed by atoms with van der Waals surface area (Å²) in [4.78, 5) is 4.72. The molecule has 2 rings (SSSR count). The number of hydrogen-bond donors (Lipinski definition) is 2. The first-order valence-electron chi connectivity index (χ1n) is 5.22. The number of thiazole rings is 1. The minimum atomic E-state index is -3.60. The van der Waals surface area contributed by atoms with Gasteiger partial charge in [-0.25, -0.2) is 13.1 Å². The van der Waals surface area contributed by atoms with Crippen molar-refractivity contribution >= 4 is 21.4 Å². The molecule has 0 unspecified atom stereocenters. The number of nitrogens with one attached hydrogen (secondary N) is 2. The molecule has 0 saturated heterocycles. The fraction of sp³-hybridized carbons (Fsp3) is 0.300. The summed E-state index contributed by atoms with van der Waals surface area (Å²) in [7, 11) is -1.84. The number of sulfonamides is 1. The van der Waals surface area contributed by atoms with Crippen LogP contribution in [0.25, 0.3) is 0 Å². The van der Waals surface area contributed by atoms with Gasteiger partial charge in [0, 0.05) is 17.6 Å². The molecule has 8 heteroatoms. The van der Waals surface area contributed by atoms with E-state index in [2.05, 4.69) is 15.0 Å². The Balaban J connectivity index is 2.05. The van der Waals surface area contributed by atoms with E-state index in [1.54, 1.807) is 24.8 Å². The molecule has 2 N–H and O–H groups in total. The second-order valence-corrected chi connectivity index (χ2v) is 6.21. The number of aromatic nitrogens is 1. The average Bonchev–Trinajstić information content (AvgIpc) is 2.98. The third-order valence-corrected chi connectivity index (χ3v) is 4.23. The van der Waals surface area contributed by atoms with E-state index < -0.39 is 10.0 Å². The maximum absolute atomic E-state index is 11.9. The summed E-state index contributed by atoms with van der Waals surface area (Å²) in [5, 5.41) is 2.82. The quantitative estimate of drug-likeness (QED) is 0.826. The predicted molar refractivity (Wildman–Crippen MR) is 67.6 cm³/mol. The molecule has 2 aromatic heterocycles. The smallest absolute Gasteiger partial charge is 0.274 e. The van der Waals surface area contributed by atoms with E-state index in [1.165, 1.54) is 17.4 Å². The zero-order chi connectivity index (χ0) is 13.0. The predicted octanol–water partition coefficient (Wildman–Crippen LogP) is 0.934. The van der Waals surface area contributed by atoms with Gasteiger partial charge in [-0.1, -0.05) is 0 Å². The minimum Gasteiger partial charge on any atom is -0.447 e. The zero-order valence-electron chi connectivity index (χ0n) is 9.71. The van der Waals surface area contributed by atoms with Crippen molar-refractivity contribution in [2.24, 2.45) is 0 Å². The van der Waals surface area contributed by atoms with E-state index in [0.717, 1.165) is 4.88 Å². The number of nitrogens with zero attached hydrogens (tertiary/aromatic N) is 1. The molecule has 0 aliphatic heterocycles. The van der Waals surface area contributed by atoms with Crippen molar-refractivity contribution in [3.05, 3.63) is 34.5 Å². The summed E-state index contributed by atoms with van der Waals surface area (Å²) in [5.41, 5.74) is 1.65. The van der Waals surface area contributed by atoms with E-state index in [4.69, 9.17) is 4.42 Å². The van der Waals surface area contributed by atoms with Gasteiger partial charge >= 0.3 is 0 Å². The summed E-state index contributed by atoms with van der Waals surface area (Å²) < 4.78 is 31.5. The maximum Gasteiger partial charge on any atom is 0.274 e. The molecule has 0 bridgehead atoms. The van der Waals surface area contributed by atoms with Crippen molar-refractivity contribution in [1.29, 1.82) is 0 Å². The molecule has 0 spiro atoms. The Morgan fingerprint density at radius 1 is 1.39 bits per heavy atom. The molecule has 2 aromatic rings. The molecule has 6 nitrogen and oxygen atoms in total.